The second-order valence-electron chi connectivity index (χ2n) is 7.63. The van der Waals surface area contributed by atoms with Crippen LogP contribution in [0.25, 0.3) is 5.57 Å². The number of rotatable bonds is 4. The van der Waals surface area contributed by atoms with Crippen molar-refractivity contribution in [3.05, 3.63) is 82.4 Å². The maximum atomic E-state index is 3.27. The summed E-state index contributed by atoms with van der Waals surface area (Å²) in [6, 6.07) is 18.0. The van der Waals surface area contributed by atoms with Gasteiger partial charge in [-0.05, 0) is 67.5 Å². The smallest absolute Gasteiger partial charge is 0.0698 e. The van der Waals surface area contributed by atoms with E-state index in [1.165, 1.54) is 28.0 Å². The first kappa shape index (κ1) is 17.7. The minimum absolute atomic E-state index is 0.320. The molecule has 0 saturated carbocycles. The Labute approximate surface area is 163 Å². The topological polar surface area (TPSA) is 3.24 Å². The van der Waals surface area contributed by atoms with E-state index in [1.54, 1.807) is 11.1 Å². The molecule has 27 heavy (non-hydrogen) atoms. The van der Waals surface area contributed by atoms with Gasteiger partial charge < -0.3 is 4.90 Å². The van der Waals surface area contributed by atoms with Crippen LogP contribution in [0, 0.1) is 18.8 Å². The van der Waals surface area contributed by atoms with Gasteiger partial charge in [0.25, 0.3) is 0 Å². The SMILES string of the molecule is CC#CCCN(c1ccccc1C)C1C=C(C)CC2=C1Cc1ccccc12. The van der Waals surface area contributed by atoms with Crippen LogP contribution < -0.4 is 4.90 Å². The molecule has 0 spiro atoms. The van der Waals surface area contributed by atoms with Gasteiger partial charge in [0, 0.05) is 18.7 Å². The number of hydrogen-bond acceptors (Lipinski definition) is 1. The minimum atomic E-state index is 0.320. The van der Waals surface area contributed by atoms with E-state index in [-0.39, 0.29) is 0 Å². The van der Waals surface area contributed by atoms with E-state index in [1.807, 2.05) is 6.92 Å². The van der Waals surface area contributed by atoms with Gasteiger partial charge in [-0.3, -0.25) is 0 Å². The predicted molar refractivity (Wildman–Crippen MR) is 116 cm³/mol. The van der Waals surface area contributed by atoms with Crippen molar-refractivity contribution < 1.29 is 0 Å². The van der Waals surface area contributed by atoms with E-state index in [9.17, 15) is 0 Å². The van der Waals surface area contributed by atoms with Crippen molar-refractivity contribution >= 4 is 11.3 Å². The fraction of sp³-hybridized carbons (Fsp3) is 0.308. The highest BCUT2D eigenvalue weighted by atomic mass is 15.2. The molecule has 136 valence electrons. The Morgan fingerprint density at radius 1 is 1.00 bits per heavy atom. The van der Waals surface area contributed by atoms with Gasteiger partial charge in [-0.25, -0.2) is 0 Å². The molecule has 1 heteroatoms. The third-order valence-electron chi connectivity index (χ3n) is 5.78. The zero-order valence-corrected chi connectivity index (χ0v) is 16.5. The fourth-order valence-electron chi connectivity index (χ4n) is 4.53. The highest BCUT2D eigenvalue weighted by Gasteiger charge is 2.32. The average molecular weight is 354 g/mol. The molecule has 0 heterocycles. The average Bonchev–Trinajstić information content (AvgIpc) is 3.04. The summed E-state index contributed by atoms with van der Waals surface area (Å²) in [7, 11) is 0. The van der Waals surface area contributed by atoms with Crippen molar-refractivity contribution in [1.29, 1.82) is 0 Å². The van der Waals surface area contributed by atoms with Crippen LogP contribution in [0.5, 0.6) is 0 Å². The van der Waals surface area contributed by atoms with E-state index >= 15 is 0 Å². The lowest BCUT2D eigenvalue weighted by Gasteiger charge is -2.36. The fourth-order valence-corrected chi connectivity index (χ4v) is 4.53. The Hall–Kier alpha value is -2.72. The molecule has 2 aliphatic rings. The van der Waals surface area contributed by atoms with Crippen LogP contribution in [-0.4, -0.2) is 12.6 Å². The first-order valence-electron chi connectivity index (χ1n) is 9.88. The minimum Gasteiger partial charge on any atom is -0.360 e. The molecule has 0 amide bonds. The third kappa shape index (κ3) is 3.33. The van der Waals surface area contributed by atoms with Crippen LogP contribution in [0.15, 0.2) is 65.8 Å². The van der Waals surface area contributed by atoms with E-state index in [0.29, 0.717) is 6.04 Å². The number of para-hydroxylation sites is 1. The van der Waals surface area contributed by atoms with Crippen LogP contribution in [0.4, 0.5) is 5.69 Å². The first-order valence-corrected chi connectivity index (χ1v) is 9.88. The van der Waals surface area contributed by atoms with Crippen LogP contribution in [0.1, 0.15) is 43.4 Å². The summed E-state index contributed by atoms with van der Waals surface area (Å²) in [5.74, 6) is 6.32. The van der Waals surface area contributed by atoms with E-state index in [0.717, 1.165) is 25.8 Å². The van der Waals surface area contributed by atoms with Gasteiger partial charge in [0.1, 0.15) is 0 Å². The molecule has 1 unspecified atom stereocenters. The van der Waals surface area contributed by atoms with Gasteiger partial charge in [-0.15, -0.1) is 11.8 Å². The van der Waals surface area contributed by atoms with Crippen molar-refractivity contribution in [2.24, 2.45) is 0 Å². The van der Waals surface area contributed by atoms with E-state index < -0.39 is 0 Å². The Balaban J connectivity index is 1.77. The summed E-state index contributed by atoms with van der Waals surface area (Å²) in [5, 5.41) is 0. The predicted octanol–water partition coefficient (Wildman–Crippen LogP) is 5.94. The Kier molecular flexibility index (Phi) is 4.90. The molecule has 1 atom stereocenters. The molecule has 2 aromatic carbocycles. The van der Waals surface area contributed by atoms with E-state index in [2.05, 4.69) is 85.2 Å². The summed E-state index contributed by atoms with van der Waals surface area (Å²) < 4.78 is 0. The summed E-state index contributed by atoms with van der Waals surface area (Å²) in [5.41, 5.74) is 10.2. The zero-order chi connectivity index (χ0) is 18.8. The van der Waals surface area contributed by atoms with Crippen LogP contribution in [0.3, 0.4) is 0 Å². The third-order valence-corrected chi connectivity index (χ3v) is 5.78. The van der Waals surface area contributed by atoms with Crippen LogP contribution in [-0.2, 0) is 6.42 Å². The van der Waals surface area contributed by atoms with Crippen molar-refractivity contribution in [1.82, 2.24) is 0 Å². The number of anilines is 1. The molecule has 0 saturated heterocycles. The van der Waals surface area contributed by atoms with Gasteiger partial charge in [0.05, 0.1) is 6.04 Å². The van der Waals surface area contributed by atoms with Gasteiger partial charge in [0.15, 0.2) is 0 Å². The number of nitrogens with zero attached hydrogens (tertiary/aromatic N) is 1. The molecule has 0 aromatic heterocycles. The number of aryl methyl sites for hydroxylation is 1. The van der Waals surface area contributed by atoms with Gasteiger partial charge in [-0.2, -0.15) is 0 Å². The highest BCUT2D eigenvalue weighted by molar-refractivity contribution is 5.81. The van der Waals surface area contributed by atoms with Crippen molar-refractivity contribution in [3.63, 3.8) is 0 Å². The molecule has 0 fully saturated rings. The summed E-state index contributed by atoms with van der Waals surface area (Å²) in [4.78, 5) is 2.57. The zero-order valence-electron chi connectivity index (χ0n) is 16.5. The van der Waals surface area contributed by atoms with Gasteiger partial charge in [0.2, 0.25) is 0 Å². The first-order chi connectivity index (χ1) is 13.2. The van der Waals surface area contributed by atoms with Crippen LogP contribution >= 0.6 is 0 Å². The molecule has 0 aliphatic heterocycles. The molecule has 0 N–H and O–H groups in total. The Morgan fingerprint density at radius 3 is 2.59 bits per heavy atom. The normalized spacial score (nSPS) is 17.6. The lowest BCUT2D eigenvalue weighted by atomic mass is 9.87. The number of fused-ring (bicyclic) bond motifs is 2. The number of hydrogen-bond donors (Lipinski definition) is 0. The van der Waals surface area contributed by atoms with Gasteiger partial charge in [-0.1, -0.05) is 54.1 Å². The van der Waals surface area contributed by atoms with Crippen molar-refractivity contribution in [3.8, 4) is 11.8 Å². The maximum Gasteiger partial charge on any atom is 0.0698 e. The molecule has 1 nitrogen and oxygen atoms in total. The summed E-state index contributed by atoms with van der Waals surface area (Å²) in [6.07, 6.45) is 5.53. The molecule has 0 bridgehead atoms. The quantitative estimate of drug-likeness (QED) is 0.485. The van der Waals surface area contributed by atoms with E-state index in [4.69, 9.17) is 0 Å². The lowest BCUT2D eigenvalue weighted by molar-refractivity contribution is 0.730. The van der Waals surface area contributed by atoms with Gasteiger partial charge >= 0.3 is 0 Å². The highest BCUT2D eigenvalue weighted by Crippen LogP contribution is 2.43. The van der Waals surface area contributed by atoms with Crippen molar-refractivity contribution in [2.75, 3.05) is 11.4 Å². The number of allylic oxidation sites excluding steroid dienone is 2. The number of benzene rings is 2. The largest absolute Gasteiger partial charge is 0.360 e. The second-order valence-corrected chi connectivity index (χ2v) is 7.63. The summed E-state index contributed by atoms with van der Waals surface area (Å²) >= 11 is 0. The monoisotopic (exact) mass is 353 g/mol. The Morgan fingerprint density at radius 2 is 1.78 bits per heavy atom. The molecule has 0 radical (unpaired) electrons. The molecule has 2 aliphatic carbocycles. The molecule has 4 rings (SSSR count). The lowest BCUT2D eigenvalue weighted by Crippen LogP contribution is -2.38. The second kappa shape index (κ2) is 7.49. The summed E-state index contributed by atoms with van der Waals surface area (Å²) in [6.45, 7) is 7.37. The molecule has 2 aromatic rings. The van der Waals surface area contributed by atoms with Crippen LogP contribution in [0.2, 0.25) is 0 Å². The molecular formula is C26H27N. The molecular weight excluding hydrogens is 326 g/mol. The van der Waals surface area contributed by atoms with Crippen molar-refractivity contribution in [2.45, 2.75) is 46.1 Å². The maximum absolute atomic E-state index is 3.27. The Bertz CT molecular complexity index is 981. The standard InChI is InChI=1S/C26H27N/c1-4-5-10-15-27(25-14-9-6-11-20(25)3)26-17-19(2)16-23-22-13-8-7-12-21(22)18-24(23)26/h6-9,11-14,17,26H,10,15-16,18H2,1-3H3.